The van der Waals surface area contributed by atoms with Crippen LogP contribution < -0.4 is 5.32 Å². The molecule has 0 bridgehead atoms. The van der Waals surface area contributed by atoms with E-state index in [4.69, 9.17) is 4.74 Å². The lowest BCUT2D eigenvalue weighted by Crippen LogP contribution is -2.52. The van der Waals surface area contributed by atoms with E-state index in [1.165, 1.54) is 7.11 Å². The van der Waals surface area contributed by atoms with Crippen LogP contribution in [0.5, 0.6) is 0 Å². The summed E-state index contributed by atoms with van der Waals surface area (Å²) < 4.78 is 9.99. The molecule has 1 saturated heterocycles. The molecule has 1 rings (SSSR count). The molecule has 0 aromatic heterocycles. The molecule has 2 atom stereocenters. The molecule has 1 aliphatic rings. The number of ether oxygens (including phenoxy) is 2. The third kappa shape index (κ3) is 5.77. The van der Waals surface area contributed by atoms with Gasteiger partial charge in [-0.15, -0.1) is 0 Å². The van der Waals surface area contributed by atoms with Crippen molar-refractivity contribution in [3.63, 3.8) is 0 Å². The van der Waals surface area contributed by atoms with Crippen LogP contribution in [0.1, 0.15) is 34.1 Å². The standard InChI is InChI=1S/C14H26N2O4/c1-10-6-11(15-7-12(17)19-5)9-16(8-10)13(18)20-14(2,3)4/h10-11,15H,6-9H2,1-5H3/t10-,11?/m0/s1. The minimum Gasteiger partial charge on any atom is -0.468 e. The fourth-order valence-electron chi connectivity index (χ4n) is 2.27. The van der Waals surface area contributed by atoms with Gasteiger partial charge in [-0.1, -0.05) is 6.92 Å². The van der Waals surface area contributed by atoms with Crippen molar-refractivity contribution in [1.29, 1.82) is 0 Å². The Bertz CT molecular complexity index is 352. The van der Waals surface area contributed by atoms with E-state index in [2.05, 4.69) is 17.0 Å². The van der Waals surface area contributed by atoms with Gasteiger partial charge in [0.05, 0.1) is 13.7 Å². The van der Waals surface area contributed by atoms with Gasteiger partial charge >= 0.3 is 12.1 Å². The first-order valence-corrected chi connectivity index (χ1v) is 6.99. The molecule has 116 valence electrons. The van der Waals surface area contributed by atoms with E-state index in [1.54, 1.807) is 4.90 Å². The van der Waals surface area contributed by atoms with Gasteiger partial charge in [0.25, 0.3) is 0 Å². The first-order valence-electron chi connectivity index (χ1n) is 6.99. The summed E-state index contributed by atoms with van der Waals surface area (Å²) >= 11 is 0. The number of methoxy groups -OCH3 is 1. The molecule has 0 radical (unpaired) electrons. The van der Waals surface area contributed by atoms with Crippen molar-refractivity contribution in [2.24, 2.45) is 5.92 Å². The van der Waals surface area contributed by atoms with Crippen molar-refractivity contribution in [1.82, 2.24) is 10.2 Å². The molecule has 0 aromatic carbocycles. The molecule has 1 aliphatic heterocycles. The molecule has 1 N–H and O–H groups in total. The van der Waals surface area contributed by atoms with Crippen molar-refractivity contribution >= 4 is 12.1 Å². The molecular weight excluding hydrogens is 260 g/mol. The van der Waals surface area contributed by atoms with Crippen LogP contribution in [0.2, 0.25) is 0 Å². The summed E-state index contributed by atoms with van der Waals surface area (Å²) in [6.45, 7) is 9.04. The summed E-state index contributed by atoms with van der Waals surface area (Å²) in [6.07, 6.45) is 0.630. The summed E-state index contributed by atoms with van der Waals surface area (Å²) in [7, 11) is 1.36. The molecular formula is C14H26N2O4. The fourth-order valence-corrected chi connectivity index (χ4v) is 2.27. The molecule has 6 heteroatoms. The molecule has 0 saturated carbocycles. The number of piperidine rings is 1. The number of hydrogen-bond acceptors (Lipinski definition) is 5. The quantitative estimate of drug-likeness (QED) is 0.794. The fraction of sp³-hybridized carbons (Fsp3) is 0.857. The van der Waals surface area contributed by atoms with Crippen LogP contribution in [-0.4, -0.2) is 55.3 Å². The lowest BCUT2D eigenvalue weighted by atomic mass is 9.96. The van der Waals surface area contributed by atoms with Crippen molar-refractivity contribution in [2.75, 3.05) is 26.7 Å². The molecule has 1 fully saturated rings. The lowest BCUT2D eigenvalue weighted by molar-refractivity contribution is -0.139. The molecule has 1 unspecified atom stereocenters. The summed E-state index contributed by atoms with van der Waals surface area (Å²) in [5, 5.41) is 3.13. The van der Waals surface area contributed by atoms with Gasteiger partial charge < -0.3 is 19.7 Å². The number of nitrogens with one attached hydrogen (secondary N) is 1. The summed E-state index contributed by atoms with van der Waals surface area (Å²) in [5.41, 5.74) is -0.493. The maximum absolute atomic E-state index is 12.1. The van der Waals surface area contributed by atoms with E-state index >= 15 is 0 Å². The largest absolute Gasteiger partial charge is 0.468 e. The van der Waals surface area contributed by atoms with Gasteiger partial charge in [-0.2, -0.15) is 0 Å². The second-order valence-corrected chi connectivity index (χ2v) is 6.38. The van der Waals surface area contributed by atoms with Gasteiger partial charge in [0.1, 0.15) is 5.60 Å². The van der Waals surface area contributed by atoms with Crippen molar-refractivity contribution in [3.8, 4) is 0 Å². The molecule has 20 heavy (non-hydrogen) atoms. The van der Waals surface area contributed by atoms with Gasteiger partial charge in [0.2, 0.25) is 0 Å². The highest BCUT2D eigenvalue weighted by atomic mass is 16.6. The molecule has 0 spiro atoms. The predicted molar refractivity (Wildman–Crippen MR) is 75.4 cm³/mol. The maximum Gasteiger partial charge on any atom is 0.410 e. The number of nitrogens with zero attached hydrogens (tertiary/aromatic N) is 1. The van der Waals surface area contributed by atoms with Crippen molar-refractivity contribution in [3.05, 3.63) is 0 Å². The minimum absolute atomic E-state index is 0.0883. The smallest absolute Gasteiger partial charge is 0.410 e. The van der Waals surface area contributed by atoms with Crippen molar-refractivity contribution in [2.45, 2.75) is 45.8 Å². The Labute approximate surface area is 120 Å². The highest BCUT2D eigenvalue weighted by molar-refractivity contribution is 5.71. The number of rotatable bonds is 3. The van der Waals surface area contributed by atoms with Crippen LogP contribution in [0.25, 0.3) is 0 Å². The lowest BCUT2D eigenvalue weighted by Gasteiger charge is -2.37. The Morgan fingerprint density at radius 3 is 2.50 bits per heavy atom. The Hall–Kier alpha value is -1.30. The van der Waals surface area contributed by atoms with Crippen LogP contribution in [0.3, 0.4) is 0 Å². The second kappa shape index (κ2) is 6.92. The van der Waals surface area contributed by atoms with E-state index in [-0.39, 0.29) is 24.6 Å². The number of esters is 1. The van der Waals surface area contributed by atoms with Crippen LogP contribution in [0, 0.1) is 5.92 Å². The van der Waals surface area contributed by atoms with Crippen LogP contribution in [0.15, 0.2) is 0 Å². The SMILES string of the molecule is COC(=O)CNC1C[C@H](C)CN(C(=O)OC(C)(C)C)C1. The average molecular weight is 286 g/mol. The predicted octanol–water partition coefficient (Wildman–Crippen LogP) is 1.39. The Balaban J connectivity index is 2.52. The van der Waals surface area contributed by atoms with Gasteiger partial charge in [-0.05, 0) is 33.1 Å². The first-order chi connectivity index (χ1) is 9.21. The molecule has 1 amide bonds. The van der Waals surface area contributed by atoms with Crippen molar-refractivity contribution < 1.29 is 19.1 Å². The third-order valence-electron chi connectivity index (χ3n) is 3.07. The zero-order valence-corrected chi connectivity index (χ0v) is 13.1. The van der Waals surface area contributed by atoms with Crippen LogP contribution in [0.4, 0.5) is 4.79 Å². The summed E-state index contributed by atoms with van der Waals surface area (Å²) in [5.74, 6) is 0.0680. The van der Waals surface area contributed by atoms with E-state index in [1.807, 2.05) is 20.8 Å². The third-order valence-corrected chi connectivity index (χ3v) is 3.07. The number of carbonyl (C=O) groups is 2. The minimum atomic E-state index is -0.493. The highest BCUT2D eigenvalue weighted by Gasteiger charge is 2.30. The summed E-state index contributed by atoms with van der Waals surface area (Å²) in [4.78, 5) is 24.9. The average Bonchev–Trinajstić information content (AvgIpc) is 2.33. The molecule has 6 nitrogen and oxygen atoms in total. The monoisotopic (exact) mass is 286 g/mol. The molecule has 0 aromatic rings. The van der Waals surface area contributed by atoms with Gasteiger partial charge in [-0.3, -0.25) is 4.79 Å². The highest BCUT2D eigenvalue weighted by Crippen LogP contribution is 2.19. The zero-order valence-electron chi connectivity index (χ0n) is 13.1. The van der Waals surface area contributed by atoms with Crippen LogP contribution in [-0.2, 0) is 14.3 Å². The second-order valence-electron chi connectivity index (χ2n) is 6.38. The van der Waals surface area contributed by atoms with Crippen LogP contribution >= 0.6 is 0 Å². The Morgan fingerprint density at radius 1 is 1.30 bits per heavy atom. The zero-order chi connectivity index (χ0) is 15.3. The number of likely N-dealkylation sites (tertiary alicyclic amines) is 1. The maximum atomic E-state index is 12.1. The topological polar surface area (TPSA) is 67.9 Å². The van der Waals surface area contributed by atoms with E-state index in [0.717, 1.165) is 6.42 Å². The molecule has 1 heterocycles. The summed E-state index contributed by atoms with van der Waals surface area (Å²) in [6, 6.07) is 0.0883. The number of carbonyl (C=O) groups excluding carboxylic acids is 2. The van der Waals surface area contributed by atoms with Gasteiger partial charge in [-0.25, -0.2) is 4.79 Å². The first kappa shape index (κ1) is 16.8. The number of hydrogen-bond donors (Lipinski definition) is 1. The van der Waals surface area contributed by atoms with E-state index in [9.17, 15) is 9.59 Å². The molecule has 0 aliphatic carbocycles. The normalized spacial score (nSPS) is 23.4. The van der Waals surface area contributed by atoms with Gasteiger partial charge in [0, 0.05) is 19.1 Å². The van der Waals surface area contributed by atoms with Gasteiger partial charge in [0.15, 0.2) is 0 Å². The number of amides is 1. The van der Waals surface area contributed by atoms with E-state index < -0.39 is 5.60 Å². The Kier molecular flexibility index (Phi) is 5.80. The van der Waals surface area contributed by atoms with E-state index in [0.29, 0.717) is 19.0 Å². The Morgan fingerprint density at radius 2 is 1.95 bits per heavy atom.